The summed E-state index contributed by atoms with van der Waals surface area (Å²) >= 11 is 0. The zero-order valence-corrected chi connectivity index (χ0v) is 25.1. The van der Waals surface area contributed by atoms with Crippen LogP contribution in [0.25, 0.3) is 0 Å². The number of hydrogen-bond acceptors (Lipinski definition) is 7. The quantitative estimate of drug-likeness (QED) is 0.440. The normalized spacial score (nSPS) is 39.9. The minimum atomic E-state index is -1.21. The Morgan fingerprint density at radius 1 is 1.17 bits per heavy atom. The molecule has 1 aromatic rings. The highest BCUT2D eigenvalue weighted by Crippen LogP contribution is 2.69. The number of aliphatic hydroxyl groups is 1. The summed E-state index contributed by atoms with van der Waals surface area (Å²) in [6.07, 6.45) is 8.58. The lowest BCUT2D eigenvalue weighted by Gasteiger charge is -2.59. The molecule has 2 N–H and O–H groups in total. The lowest BCUT2D eigenvalue weighted by Crippen LogP contribution is -2.63. The Morgan fingerprint density at radius 3 is 2.64 bits per heavy atom. The van der Waals surface area contributed by atoms with Gasteiger partial charge in [-0.1, -0.05) is 45.8 Å². The number of aliphatic hydroxyl groups excluding tert-OH is 1. The van der Waals surface area contributed by atoms with E-state index in [9.17, 15) is 19.5 Å². The SMILES string of the molecule is CCCC1O[C@@H]2CC3[C@@H]4CCC5=CC(=O)C=C[C@]5(C)C4[C@@H](O)C[C@]3(C)[C@]2(C(=O)COc2ccc(NC(=O)CC)cc2)O1. The van der Waals surface area contributed by atoms with Crippen molar-refractivity contribution in [3.8, 4) is 5.75 Å². The molecule has 1 aliphatic heterocycles. The molecule has 6 rings (SSSR count). The first-order valence-electron chi connectivity index (χ1n) is 15.6. The van der Waals surface area contributed by atoms with Crippen molar-refractivity contribution in [3.63, 3.8) is 0 Å². The van der Waals surface area contributed by atoms with E-state index in [1.54, 1.807) is 43.3 Å². The van der Waals surface area contributed by atoms with Crippen molar-refractivity contribution in [2.24, 2.45) is 28.6 Å². The van der Waals surface area contributed by atoms with Gasteiger partial charge in [0, 0.05) is 28.9 Å². The van der Waals surface area contributed by atoms with Crippen LogP contribution in [0, 0.1) is 28.6 Å². The van der Waals surface area contributed by atoms with Crippen LogP contribution in [0.5, 0.6) is 5.75 Å². The number of Topliss-reactive ketones (excluding diaryl/α,β-unsaturated/α-hetero) is 1. The second-order valence-electron chi connectivity index (χ2n) is 13.3. The van der Waals surface area contributed by atoms with E-state index in [-0.39, 0.29) is 47.2 Å². The molecule has 8 nitrogen and oxygen atoms in total. The van der Waals surface area contributed by atoms with Crippen molar-refractivity contribution >= 4 is 23.2 Å². The molecule has 3 unspecified atom stereocenters. The highest BCUT2D eigenvalue weighted by Gasteiger charge is 2.75. The van der Waals surface area contributed by atoms with Crippen LogP contribution in [0.4, 0.5) is 5.69 Å². The van der Waals surface area contributed by atoms with Crippen molar-refractivity contribution < 1.29 is 33.7 Å². The first-order valence-corrected chi connectivity index (χ1v) is 15.6. The maximum absolute atomic E-state index is 14.4. The standard InChI is InChI=1S/C34H43NO7/c1-5-7-30-41-28-17-25-24-13-8-20-16-22(36)14-15-32(20,3)31(24)26(37)18-33(25,4)34(28,42-30)27(38)19-40-23-11-9-21(10-12-23)35-29(39)6-2/h9-12,14-16,24-26,28,30-31,37H,5-8,13,17-19H2,1-4H3,(H,35,39)/t24-,25?,26-,28+,30?,31?,32-,33-,34+/m0/s1. The van der Waals surface area contributed by atoms with Gasteiger partial charge in [0.25, 0.3) is 0 Å². The van der Waals surface area contributed by atoms with Crippen LogP contribution in [-0.2, 0) is 23.9 Å². The molecule has 3 saturated carbocycles. The second kappa shape index (κ2) is 10.7. The zero-order chi connectivity index (χ0) is 29.9. The fourth-order valence-electron chi connectivity index (χ4n) is 9.15. The van der Waals surface area contributed by atoms with Crippen molar-refractivity contribution in [3.05, 3.63) is 48.1 Å². The van der Waals surface area contributed by atoms with Gasteiger partial charge in [-0.3, -0.25) is 14.4 Å². The molecular weight excluding hydrogens is 534 g/mol. The van der Waals surface area contributed by atoms with Crippen LogP contribution >= 0.6 is 0 Å². The molecule has 0 bridgehead atoms. The Balaban J connectivity index is 1.27. The number of carbonyl (C=O) groups is 3. The molecule has 1 aromatic carbocycles. The van der Waals surface area contributed by atoms with Gasteiger partial charge in [0.15, 0.2) is 17.7 Å². The molecule has 0 radical (unpaired) electrons. The smallest absolute Gasteiger partial charge is 0.224 e. The summed E-state index contributed by atoms with van der Waals surface area (Å²) in [6.45, 7) is 7.95. The van der Waals surface area contributed by atoms with E-state index in [1.807, 2.05) is 6.08 Å². The maximum Gasteiger partial charge on any atom is 0.224 e. The van der Waals surface area contributed by atoms with Gasteiger partial charge < -0.3 is 24.6 Å². The molecule has 42 heavy (non-hydrogen) atoms. The molecule has 1 saturated heterocycles. The molecule has 1 heterocycles. The molecule has 8 heteroatoms. The summed E-state index contributed by atoms with van der Waals surface area (Å²) in [5, 5.41) is 14.7. The molecule has 1 amide bonds. The topological polar surface area (TPSA) is 111 Å². The van der Waals surface area contributed by atoms with Crippen molar-refractivity contribution in [2.75, 3.05) is 11.9 Å². The summed E-state index contributed by atoms with van der Waals surface area (Å²) < 4.78 is 19.2. The summed E-state index contributed by atoms with van der Waals surface area (Å²) in [7, 11) is 0. The Morgan fingerprint density at radius 2 is 1.93 bits per heavy atom. The van der Waals surface area contributed by atoms with Gasteiger partial charge >= 0.3 is 0 Å². The summed E-state index contributed by atoms with van der Waals surface area (Å²) in [4.78, 5) is 38.2. The number of rotatable bonds is 8. The minimum Gasteiger partial charge on any atom is -0.486 e. The lowest BCUT2D eigenvalue weighted by molar-refractivity contribution is -0.200. The van der Waals surface area contributed by atoms with E-state index in [4.69, 9.17) is 14.2 Å². The summed E-state index contributed by atoms with van der Waals surface area (Å²) in [5.74, 6) is 0.552. The monoisotopic (exact) mass is 577 g/mol. The van der Waals surface area contributed by atoms with Gasteiger partial charge in [-0.05, 0) is 80.4 Å². The Kier molecular flexibility index (Phi) is 7.47. The minimum absolute atomic E-state index is 0.0140. The number of nitrogens with one attached hydrogen (secondary N) is 1. The van der Waals surface area contributed by atoms with Crippen LogP contribution in [0.1, 0.15) is 72.6 Å². The van der Waals surface area contributed by atoms with E-state index in [2.05, 4.69) is 26.1 Å². The number of hydrogen-bond donors (Lipinski definition) is 2. The maximum atomic E-state index is 14.4. The molecule has 4 fully saturated rings. The number of benzene rings is 1. The fraction of sp³-hybridized carbons (Fsp3) is 0.618. The summed E-state index contributed by atoms with van der Waals surface area (Å²) in [6, 6.07) is 6.99. The largest absolute Gasteiger partial charge is 0.486 e. The molecule has 226 valence electrons. The number of amides is 1. The predicted octanol–water partition coefficient (Wildman–Crippen LogP) is 5.15. The first kappa shape index (κ1) is 29.3. The van der Waals surface area contributed by atoms with Gasteiger partial charge in [-0.15, -0.1) is 0 Å². The van der Waals surface area contributed by atoms with Crippen LogP contribution in [0.2, 0.25) is 0 Å². The highest BCUT2D eigenvalue weighted by molar-refractivity contribution is 6.01. The van der Waals surface area contributed by atoms with Crippen LogP contribution in [0.3, 0.4) is 0 Å². The molecule has 4 aliphatic carbocycles. The number of ether oxygens (including phenoxy) is 3. The highest BCUT2D eigenvalue weighted by atomic mass is 16.7. The van der Waals surface area contributed by atoms with E-state index < -0.39 is 29.5 Å². The van der Waals surface area contributed by atoms with Gasteiger partial charge in [-0.2, -0.15) is 0 Å². The van der Waals surface area contributed by atoms with Gasteiger partial charge in [0.1, 0.15) is 12.4 Å². The first-order chi connectivity index (χ1) is 20.1. The molecule has 5 aliphatic rings. The third kappa shape index (κ3) is 4.40. The van der Waals surface area contributed by atoms with E-state index in [0.29, 0.717) is 37.1 Å². The summed E-state index contributed by atoms with van der Waals surface area (Å²) in [5.41, 5.74) is -0.464. The number of anilines is 1. The van der Waals surface area contributed by atoms with E-state index in [1.165, 1.54) is 0 Å². The average molecular weight is 578 g/mol. The van der Waals surface area contributed by atoms with Gasteiger partial charge in [0.2, 0.25) is 11.7 Å². The second-order valence-corrected chi connectivity index (χ2v) is 13.3. The molecule has 0 spiro atoms. The van der Waals surface area contributed by atoms with Crippen molar-refractivity contribution in [2.45, 2.75) is 96.7 Å². The van der Waals surface area contributed by atoms with Crippen LogP contribution < -0.4 is 10.1 Å². The van der Waals surface area contributed by atoms with E-state index >= 15 is 0 Å². The number of carbonyl (C=O) groups excluding carboxylic acids is 3. The average Bonchev–Trinajstić information content (AvgIpc) is 3.44. The Labute approximate surface area is 247 Å². The predicted molar refractivity (Wildman–Crippen MR) is 157 cm³/mol. The van der Waals surface area contributed by atoms with Crippen LogP contribution in [0.15, 0.2) is 48.1 Å². The molecule has 0 aromatic heterocycles. The third-order valence-electron chi connectivity index (χ3n) is 11.1. The Hall–Kier alpha value is -2.81. The molecule has 9 atom stereocenters. The Bertz CT molecular complexity index is 1320. The van der Waals surface area contributed by atoms with Gasteiger partial charge in [-0.25, -0.2) is 0 Å². The van der Waals surface area contributed by atoms with Crippen LogP contribution in [-0.4, -0.2) is 53.3 Å². The van der Waals surface area contributed by atoms with Crippen molar-refractivity contribution in [1.82, 2.24) is 0 Å². The van der Waals surface area contributed by atoms with Gasteiger partial charge in [0.05, 0.1) is 12.2 Å². The number of ketones is 2. The van der Waals surface area contributed by atoms with E-state index in [0.717, 1.165) is 24.8 Å². The van der Waals surface area contributed by atoms with Crippen molar-refractivity contribution in [1.29, 1.82) is 0 Å². The zero-order valence-electron chi connectivity index (χ0n) is 25.1. The lowest BCUT2D eigenvalue weighted by atomic mass is 9.46. The third-order valence-corrected chi connectivity index (χ3v) is 11.1. The molecular formula is C34H43NO7. The fourth-order valence-corrected chi connectivity index (χ4v) is 9.15. The number of allylic oxidation sites excluding steroid dienone is 4. The number of fused-ring (bicyclic) bond motifs is 7.